The topological polar surface area (TPSA) is 82.2 Å². The van der Waals surface area contributed by atoms with Crippen LogP contribution in [0, 0.1) is 5.41 Å². The first-order valence-corrected chi connectivity index (χ1v) is 8.38. The number of carbonyl (C=O) groups excluding carboxylic acids is 1. The summed E-state index contributed by atoms with van der Waals surface area (Å²) < 4.78 is 0.953. The minimum absolute atomic E-state index is 0.0817. The average molecular weight is 387 g/mol. The van der Waals surface area contributed by atoms with E-state index in [1.807, 2.05) is 55.5 Å². The maximum Gasteiger partial charge on any atom is 0.239 e. The number of benzene rings is 2. The number of anilines is 1. The van der Waals surface area contributed by atoms with Crippen molar-refractivity contribution in [1.82, 2.24) is 10.2 Å². The summed E-state index contributed by atoms with van der Waals surface area (Å²) in [6, 6.07) is 15.2. The van der Waals surface area contributed by atoms with Gasteiger partial charge in [-0.1, -0.05) is 40.2 Å². The van der Waals surface area contributed by atoms with Crippen molar-refractivity contribution < 1.29 is 4.79 Å². The zero-order chi connectivity index (χ0) is 17.5. The highest BCUT2D eigenvalue weighted by molar-refractivity contribution is 9.10. The molecule has 4 N–H and O–H groups in total. The van der Waals surface area contributed by atoms with Crippen LogP contribution in [0.15, 0.2) is 53.0 Å². The summed E-state index contributed by atoms with van der Waals surface area (Å²) in [5.74, 6) is -0.504. The number of hydrogen-bond donors (Lipinski definition) is 3. The molecule has 1 aliphatic heterocycles. The quantitative estimate of drug-likeness (QED) is 0.693. The first kappa shape index (κ1) is 16.5. The number of likely N-dealkylation sites (N-methyl/N-ethyl adjacent to an activating group) is 1. The Hall–Kier alpha value is -2.34. The lowest BCUT2D eigenvalue weighted by atomic mass is 9.73. The van der Waals surface area contributed by atoms with Crippen LogP contribution in [0.4, 0.5) is 5.69 Å². The van der Waals surface area contributed by atoms with E-state index in [4.69, 9.17) is 11.1 Å². The summed E-state index contributed by atoms with van der Waals surface area (Å²) in [5.41, 5.74) is 7.57. The van der Waals surface area contributed by atoms with Crippen LogP contribution >= 0.6 is 15.9 Å². The van der Waals surface area contributed by atoms with Crippen LogP contribution in [-0.4, -0.2) is 23.8 Å². The lowest BCUT2D eigenvalue weighted by Crippen LogP contribution is -2.62. The van der Waals surface area contributed by atoms with Gasteiger partial charge in [0.1, 0.15) is 0 Å². The van der Waals surface area contributed by atoms with E-state index in [9.17, 15) is 4.79 Å². The van der Waals surface area contributed by atoms with Crippen molar-refractivity contribution in [1.29, 1.82) is 5.41 Å². The number of halogens is 1. The third-order valence-electron chi connectivity index (χ3n) is 4.56. The molecule has 2 atom stereocenters. The average Bonchev–Trinajstić information content (AvgIpc) is 2.55. The predicted molar refractivity (Wildman–Crippen MR) is 98.7 cm³/mol. The molecule has 1 fully saturated rings. The van der Waals surface area contributed by atoms with E-state index < -0.39 is 11.5 Å². The maximum absolute atomic E-state index is 13.0. The van der Waals surface area contributed by atoms with Crippen LogP contribution in [-0.2, 0) is 10.3 Å². The van der Waals surface area contributed by atoms with E-state index in [1.165, 1.54) is 4.90 Å². The summed E-state index contributed by atoms with van der Waals surface area (Å²) in [6.45, 7) is 1.94. The zero-order valence-corrected chi connectivity index (χ0v) is 15.1. The van der Waals surface area contributed by atoms with E-state index in [-0.39, 0.29) is 11.9 Å². The Balaban J connectivity index is 2.17. The molecule has 3 rings (SSSR count). The van der Waals surface area contributed by atoms with Crippen LogP contribution in [0.25, 0.3) is 0 Å². The molecular weight excluding hydrogens is 368 g/mol. The molecule has 1 amide bonds. The Morgan fingerprint density at radius 3 is 2.54 bits per heavy atom. The number of nitrogens with two attached hydrogens (primary N) is 1. The van der Waals surface area contributed by atoms with Crippen molar-refractivity contribution in [2.75, 3.05) is 12.8 Å². The van der Waals surface area contributed by atoms with Gasteiger partial charge in [-0.15, -0.1) is 0 Å². The summed E-state index contributed by atoms with van der Waals surface area (Å²) in [7, 11) is 1.61. The van der Waals surface area contributed by atoms with Crippen molar-refractivity contribution in [2.45, 2.75) is 18.4 Å². The molecule has 1 unspecified atom stereocenters. The van der Waals surface area contributed by atoms with E-state index in [0.717, 1.165) is 15.6 Å². The third kappa shape index (κ3) is 2.67. The number of nitrogen functional groups attached to an aromatic ring is 1. The first-order valence-electron chi connectivity index (χ1n) is 7.58. The molecule has 5 nitrogen and oxygen atoms in total. The van der Waals surface area contributed by atoms with Gasteiger partial charge in [0.25, 0.3) is 0 Å². The lowest BCUT2D eigenvalue weighted by Gasteiger charge is -2.46. The van der Waals surface area contributed by atoms with Crippen molar-refractivity contribution in [3.05, 3.63) is 64.1 Å². The maximum atomic E-state index is 13.0. The number of hydrogen-bond acceptors (Lipinski definition) is 3. The first-order chi connectivity index (χ1) is 11.3. The summed E-state index contributed by atoms with van der Waals surface area (Å²) in [6.07, 6.45) is 0. The second-order valence-electron chi connectivity index (χ2n) is 6.18. The minimum atomic E-state index is -0.760. The molecule has 0 bridgehead atoms. The molecule has 24 heavy (non-hydrogen) atoms. The number of carbonyl (C=O) groups is 1. The van der Waals surface area contributed by atoms with Gasteiger partial charge in [-0.2, -0.15) is 0 Å². The van der Waals surface area contributed by atoms with Gasteiger partial charge < -0.3 is 11.1 Å². The fourth-order valence-electron chi connectivity index (χ4n) is 3.18. The SMILES string of the molecule is CN1C(=N)N[C@](C)(c2cccc(N)c2)C(c2ccc(Br)cc2)C1=O. The van der Waals surface area contributed by atoms with Crippen LogP contribution < -0.4 is 11.1 Å². The molecule has 124 valence electrons. The highest BCUT2D eigenvalue weighted by Crippen LogP contribution is 2.41. The normalized spacial score (nSPS) is 24.0. The van der Waals surface area contributed by atoms with E-state index in [0.29, 0.717) is 5.69 Å². The van der Waals surface area contributed by atoms with Crippen molar-refractivity contribution in [3.63, 3.8) is 0 Å². The van der Waals surface area contributed by atoms with E-state index in [2.05, 4.69) is 21.2 Å². The fourth-order valence-corrected chi connectivity index (χ4v) is 3.45. The van der Waals surface area contributed by atoms with Gasteiger partial charge in [0.2, 0.25) is 5.91 Å². The lowest BCUT2D eigenvalue weighted by molar-refractivity contribution is -0.131. The molecule has 2 aromatic rings. The molecule has 1 saturated heterocycles. The number of guanidine groups is 1. The Labute approximate surface area is 149 Å². The van der Waals surface area contributed by atoms with Crippen LogP contribution in [0.5, 0.6) is 0 Å². The Kier molecular flexibility index (Phi) is 4.09. The van der Waals surface area contributed by atoms with E-state index >= 15 is 0 Å². The van der Waals surface area contributed by atoms with Gasteiger partial charge in [0.15, 0.2) is 5.96 Å². The third-order valence-corrected chi connectivity index (χ3v) is 5.09. The predicted octanol–water partition coefficient (Wildman–Crippen LogP) is 3.03. The molecule has 6 heteroatoms. The second-order valence-corrected chi connectivity index (χ2v) is 7.10. The Morgan fingerprint density at radius 2 is 1.92 bits per heavy atom. The van der Waals surface area contributed by atoms with Gasteiger partial charge in [0.05, 0.1) is 11.5 Å². The van der Waals surface area contributed by atoms with Crippen molar-refractivity contribution in [2.24, 2.45) is 0 Å². The molecule has 1 aliphatic rings. The molecule has 2 aromatic carbocycles. The number of nitrogens with zero attached hydrogens (tertiary/aromatic N) is 1. The summed E-state index contributed by atoms with van der Waals surface area (Å²) in [4.78, 5) is 14.3. The molecule has 0 aromatic heterocycles. The summed E-state index contributed by atoms with van der Waals surface area (Å²) in [5, 5.41) is 11.3. The molecular formula is C18H19BrN4O. The Morgan fingerprint density at radius 1 is 1.25 bits per heavy atom. The van der Waals surface area contributed by atoms with Gasteiger partial charge in [0, 0.05) is 17.2 Å². The number of nitrogens with one attached hydrogen (secondary N) is 2. The minimum Gasteiger partial charge on any atom is -0.399 e. The van der Waals surface area contributed by atoms with Gasteiger partial charge in [-0.05, 0) is 42.3 Å². The Bertz CT molecular complexity index is 805. The van der Waals surface area contributed by atoms with Crippen LogP contribution in [0.2, 0.25) is 0 Å². The molecule has 0 spiro atoms. The second kappa shape index (κ2) is 5.94. The van der Waals surface area contributed by atoms with Gasteiger partial charge in [-0.3, -0.25) is 15.1 Å². The summed E-state index contributed by atoms with van der Waals surface area (Å²) >= 11 is 3.43. The highest BCUT2D eigenvalue weighted by atomic mass is 79.9. The smallest absolute Gasteiger partial charge is 0.239 e. The highest BCUT2D eigenvalue weighted by Gasteiger charge is 2.48. The monoisotopic (exact) mass is 386 g/mol. The molecule has 1 heterocycles. The number of amides is 1. The largest absolute Gasteiger partial charge is 0.399 e. The van der Waals surface area contributed by atoms with E-state index in [1.54, 1.807) is 7.05 Å². The van der Waals surface area contributed by atoms with Gasteiger partial charge >= 0.3 is 0 Å². The zero-order valence-electron chi connectivity index (χ0n) is 13.5. The standard InChI is InChI=1S/C18H19BrN4O/c1-18(12-4-3-5-14(20)10-12)15(11-6-8-13(19)9-7-11)16(24)23(2)17(21)22-18/h3-10,15H,20H2,1-2H3,(H2,21,22)/t15?,18-/m1/s1. The molecule has 0 saturated carbocycles. The number of rotatable bonds is 2. The fraction of sp³-hybridized carbons (Fsp3) is 0.222. The van der Waals surface area contributed by atoms with Gasteiger partial charge in [-0.25, -0.2) is 0 Å². The van der Waals surface area contributed by atoms with Crippen LogP contribution in [0.1, 0.15) is 24.0 Å². The molecule has 0 aliphatic carbocycles. The van der Waals surface area contributed by atoms with Crippen molar-refractivity contribution >= 4 is 33.5 Å². The van der Waals surface area contributed by atoms with Crippen LogP contribution in [0.3, 0.4) is 0 Å². The molecule has 0 radical (unpaired) electrons. The van der Waals surface area contributed by atoms with Crippen molar-refractivity contribution in [3.8, 4) is 0 Å².